The number of aromatic nitrogens is 2. The van der Waals surface area contributed by atoms with Gasteiger partial charge in [0.1, 0.15) is 5.58 Å². The number of nitrogens with zero attached hydrogens (tertiary/aromatic N) is 2. The van der Waals surface area contributed by atoms with E-state index in [1.165, 1.54) is 40.1 Å². The van der Waals surface area contributed by atoms with Gasteiger partial charge in [0.15, 0.2) is 0 Å². The Morgan fingerprint density at radius 2 is 1.43 bits per heavy atom. The van der Waals surface area contributed by atoms with Gasteiger partial charge >= 0.3 is 0 Å². The van der Waals surface area contributed by atoms with Crippen molar-refractivity contribution in [1.82, 2.24) is 9.97 Å². The molecule has 1 aliphatic carbocycles. The third kappa shape index (κ3) is 8.03. The van der Waals surface area contributed by atoms with Crippen molar-refractivity contribution in [2.45, 2.75) is 112 Å². The summed E-state index contributed by atoms with van der Waals surface area (Å²) in [5.41, 5.74) is 8.10. The Hall–Kier alpha value is -4.63. The van der Waals surface area contributed by atoms with Gasteiger partial charge < -0.3 is 14.4 Å². The largest absolute Gasteiger partial charge is 0.501 e. The van der Waals surface area contributed by atoms with Gasteiger partial charge in [-0.3, -0.25) is 0 Å². The van der Waals surface area contributed by atoms with E-state index in [0.29, 0.717) is 16.8 Å². The summed E-state index contributed by atoms with van der Waals surface area (Å²) in [6.07, 6.45) is 3.55. The van der Waals surface area contributed by atoms with E-state index >= 15 is 0 Å². The predicted octanol–water partition coefficient (Wildman–Crippen LogP) is 14.8. The Balaban J connectivity index is 0.000000295. The van der Waals surface area contributed by atoms with E-state index < -0.39 is 18.6 Å². The van der Waals surface area contributed by atoms with E-state index in [1.807, 2.05) is 42.6 Å². The number of pyridine rings is 2. The maximum Gasteiger partial charge on any atom is 0.121 e. The first kappa shape index (κ1) is 35.3. The van der Waals surface area contributed by atoms with E-state index in [2.05, 4.69) is 119 Å². The molecule has 0 aliphatic heterocycles. The van der Waals surface area contributed by atoms with Crippen LogP contribution in [0.2, 0.25) is 0 Å². The fourth-order valence-electron chi connectivity index (χ4n) is 8.24. The average molecular weight is 946 g/mol. The van der Waals surface area contributed by atoms with Gasteiger partial charge in [0.25, 0.3) is 0 Å². The summed E-state index contributed by atoms with van der Waals surface area (Å²) in [5.74, 6) is 0. The second-order valence-corrected chi connectivity index (χ2v) is 19.2. The van der Waals surface area contributed by atoms with Crippen molar-refractivity contribution in [3.8, 4) is 22.5 Å². The maximum absolute atomic E-state index is 8.96. The van der Waals surface area contributed by atoms with E-state index in [9.17, 15) is 0 Å². The summed E-state index contributed by atoms with van der Waals surface area (Å²) in [6.45, 7) is 18.8. The molecule has 0 unspecified atom stereocenters. The van der Waals surface area contributed by atoms with E-state index in [-0.39, 0.29) is 47.5 Å². The second kappa shape index (κ2) is 15.2. The van der Waals surface area contributed by atoms with Crippen molar-refractivity contribution in [2.75, 3.05) is 0 Å². The van der Waals surface area contributed by atoms with Gasteiger partial charge in [0.05, 0.1) is 5.58 Å². The summed E-state index contributed by atoms with van der Waals surface area (Å²) in [7, 11) is 0. The summed E-state index contributed by atoms with van der Waals surface area (Å²) >= 11 is 0. The molecule has 58 heavy (non-hydrogen) atoms. The molecule has 1 radical (unpaired) electrons. The SMILES string of the molecule is CC(C)(C)c1ccnc(-c2[c-]cccc2)c1.[2H]C([2H])([2H])c1cnc(-c2[c-]ccc3c2oc2cc4c(ccc5cc6c(cc54)C(C)(C)CCC6(C)C)cc23)cc1C([2H])([2H])C(C)(C)C.[Ir]. The number of furan rings is 1. The molecule has 0 saturated heterocycles. The number of hydrogen-bond acceptors (Lipinski definition) is 3. The van der Waals surface area contributed by atoms with Gasteiger partial charge in [-0.05, 0) is 127 Å². The topological polar surface area (TPSA) is 38.9 Å². The Morgan fingerprint density at radius 3 is 2.10 bits per heavy atom. The zero-order valence-electron chi connectivity index (χ0n) is 40.4. The minimum absolute atomic E-state index is 0. The molecule has 299 valence electrons. The molecule has 9 rings (SSSR count). The second-order valence-electron chi connectivity index (χ2n) is 19.2. The molecule has 0 saturated carbocycles. The number of benzene rings is 5. The molecular weight excluding hydrogens is 885 g/mol. The minimum atomic E-state index is -2.51. The van der Waals surface area contributed by atoms with Crippen LogP contribution in [0.25, 0.3) is 66.0 Å². The zero-order chi connectivity index (χ0) is 44.8. The molecule has 0 fully saturated rings. The average Bonchev–Trinajstić information content (AvgIpc) is 3.58. The number of fused-ring (bicyclic) bond motifs is 7. The van der Waals surface area contributed by atoms with Crippen LogP contribution in [0.4, 0.5) is 0 Å². The van der Waals surface area contributed by atoms with Gasteiger partial charge in [0, 0.05) is 44.7 Å². The van der Waals surface area contributed by atoms with Crippen LogP contribution in [-0.4, -0.2) is 9.97 Å². The number of hydrogen-bond donors (Lipinski definition) is 0. The van der Waals surface area contributed by atoms with Gasteiger partial charge in [-0.25, -0.2) is 0 Å². The number of rotatable bonds is 3. The van der Waals surface area contributed by atoms with Crippen molar-refractivity contribution in [3.05, 3.63) is 143 Å². The van der Waals surface area contributed by atoms with Crippen molar-refractivity contribution in [1.29, 1.82) is 0 Å². The summed E-state index contributed by atoms with van der Waals surface area (Å²) in [5, 5.41) is 6.58. The van der Waals surface area contributed by atoms with Gasteiger partial charge in [-0.15, -0.1) is 54.1 Å². The van der Waals surface area contributed by atoms with Gasteiger partial charge in [0.2, 0.25) is 0 Å². The van der Waals surface area contributed by atoms with E-state index in [4.69, 9.17) is 11.3 Å². The molecule has 8 aromatic rings. The van der Waals surface area contributed by atoms with Gasteiger partial charge in [-0.1, -0.05) is 116 Å². The normalized spacial score (nSPS) is 16.6. The first-order valence-electron chi connectivity index (χ1n) is 22.6. The number of aryl methyl sites for hydroxylation is 1. The molecule has 0 N–H and O–H groups in total. The first-order chi connectivity index (χ1) is 28.9. The molecule has 3 aromatic heterocycles. The Labute approximate surface area is 366 Å². The molecule has 0 bridgehead atoms. The van der Waals surface area contributed by atoms with Crippen LogP contribution < -0.4 is 0 Å². The van der Waals surface area contributed by atoms with Crippen molar-refractivity contribution in [2.24, 2.45) is 5.41 Å². The van der Waals surface area contributed by atoms with Gasteiger partial charge in [-0.2, -0.15) is 0 Å². The Morgan fingerprint density at radius 1 is 0.724 bits per heavy atom. The molecule has 0 atom stereocenters. The van der Waals surface area contributed by atoms with Crippen LogP contribution in [0, 0.1) is 24.4 Å². The first-order valence-corrected chi connectivity index (χ1v) is 20.1. The molecule has 4 heteroatoms. The Bertz CT molecular complexity index is 3010. The van der Waals surface area contributed by atoms with Crippen molar-refractivity contribution < 1.29 is 31.4 Å². The molecular formula is C54H56IrN2O-2. The van der Waals surface area contributed by atoms with Crippen LogP contribution >= 0.6 is 0 Å². The summed E-state index contributed by atoms with van der Waals surface area (Å²) in [4.78, 5) is 8.93. The quantitative estimate of drug-likeness (QED) is 0.131. The molecule has 5 aromatic carbocycles. The van der Waals surface area contributed by atoms with Crippen LogP contribution in [0.3, 0.4) is 0 Å². The molecule has 3 nitrogen and oxygen atoms in total. The third-order valence-corrected chi connectivity index (χ3v) is 11.6. The smallest absolute Gasteiger partial charge is 0.121 e. The fraction of sp³-hybridized carbons (Fsp3) is 0.333. The maximum atomic E-state index is 8.96. The predicted molar refractivity (Wildman–Crippen MR) is 241 cm³/mol. The molecule has 0 amide bonds. The van der Waals surface area contributed by atoms with Crippen LogP contribution in [-0.2, 0) is 42.7 Å². The summed E-state index contributed by atoms with van der Waals surface area (Å²) in [6, 6.07) is 37.5. The van der Waals surface area contributed by atoms with E-state index in [0.717, 1.165) is 44.8 Å². The van der Waals surface area contributed by atoms with E-state index in [1.54, 1.807) is 26.8 Å². The van der Waals surface area contributed by atoms with Crippen LogP contribution in [0.15, 0.2) is 108 Å². The van der Waals surface area contributed by atoms with Crippen LogP contribution in [0.1, 0.15) is 117 Å². The monoisotopic (exact) mass is 946 g/mol. The Kier molecular flexibility index (Phi) is 9.25. The molecule has 0 spiro atoms. The minimum Gasteiger partial charge on any atom is -0.501 e. The van der Waals surface area contributed by atoms with Crippen molar-refractivity contribution >= 4 is 43.5 Å². The zero-order valence-corrected chi connectivity index (χ0v) is 37.8. The third-order valence-electron chi connectivity index (χ3n) is 11.6. The fourth-order valence-corrected chi connectivity index (χ4v) is 8.24. The standard InChI is InChI=1S/C39H40NO.C15H16N.Ir/c1-23-22-40-34(18-26(23)21-37(2,3)4)28-11-9-10-27-31-16-24-12-13-25-17-32-33(39(7,8)15-14-38(32,5)6)19-29(25)30(24)20-35(31)41-36(27)28;1-15(2,3)13-9-10-16-14(11-13)12-7-5-4-6-8-12;/h9-10,12-13,16-20,22H,14-15,21H2,1-8H3;4-7,9-11H,1-3H3;/q2*-1;/i1D3,21D2;;. The molecule has 3 heterocycles. The molecule has 1 aliphatic rings. The summed E-state index contributed by atoms with van der Waals surface area (Å²) < 4.78 is 48.8. The van der Waals surface area contributed by atoms with Crippen molar-refractivity contribution in [3.63, 3.8) is 0 Å². The van der Waals surface area contributed by atoms with Crippen LogP contribution in [0.5, 0.6) is 0 Å².